The van der Waals surface area contributed by atoms with Crippen molar-refractivity contribution in [1.82, 2.24) is 0 Å². The highest BCUT2D eigenvalue weighted by atomic mass is 19.4. The van der Waals surface area contributed by atoms with Gasteiger partial charge in [0.05, 0.1) is 11.7 Å². The molecule has 23 heavy (non-hydrogen) atoms. The summed E-state index contributed by atoms with van der Waals surface area (Å²) >= 11 is 0. The van der Waals surface area contributed by atoms with Gasteiger partial charge in [0.25, 0.3) is 5.91 Å². The predicted molar refractivity (Wildman–Crippen MR) is 81.6 cm³/mol. The van der Waals surface area contributed by atoms with Crippen molar-refractivity contribution in [1.29, 1.82) is 0 Å². The number of alkyl halides is 3. The zero-order valence-corrected chi connectivity index (χ0v) is 12.6. The zero-order valence-electron chi connectivity index (χ0n) is 12.6. The summed E-state index contributed by atoms with van der Waals surface area (Å²) in [5.74, 6) is 0.243. The SMILES string of the molecule is CC(C)Oc1ccc(C(=O)Nc2ccc(C(F)(F)F)cc2)cc1. The van der Waals surface area contributed by atoms with Crippen LogP contribution in [0.15, 0.2) is 48.5 Å². The van der Waals surface area contributed by atoms with Crippen LogP contribution in [0.4, 0.5) is 18.9 Å². The number of amides is 1. The van der Waals surface area contributed by atoms with E-state index < -0.39 is 17.6 Å². The van der Waals surface area contributed by atoms with Crippen molar-refractivity contribution >= 4 is 11.6 Å². The van der Waals surface area contributed by atoms with Crippen LogP contribution in [0.1, 0.15) is 29.8 Å². The Balaban J connectivity index is 2.04. The lowest BCUT2D eigenvalue weighted by Crippen LogP contribution is -2.12. The van der Waals surface area contributed by atoms with Gasteiger partial charge in [0.1, 0.15) is 5.75 Å². The molecule has 2 aromatic rings. The maximum absolute atomic E-state index is 12.5. The molecule has 0 heterocycles. The lowest BCUT2D eigenvalue weighted by molar-refractivity contribution is -0.137. The first-order valence-corrected chi connectivity index (χ1v) is 7.01. The van der Waals surface area contributed by atoms with Crippen LogP contribution >= 0.6 is 0 Å². The molecule has 0 saturated carbocycles. The smallest absolute Gasteiger partial charge is 0.416 e. The third-order valence-electron chi connectivity index (χ3n) is 2.96. The Labute approximate surface area is 132 Å². The van der Waals surface area contributed by atoms with Crippen LogP contribution in [0.2, 0.25) is 0 Å². The minimum atomic E-state index is -4.39. The van der Waals surface area contributed by atoms with E-state index in [4.69, 9.17) is 4.74 Å². The molecule has 0 aliphatic rings. The van der Waals surface area contributed by atoms with Crippen molar-refractivity contribution in [3.63, 3.8) is 0 Å². The molecule has 0 spiro atoms. The van der Waals surface area contributed by atoms with E-state index in [2.05, 4.69) is 5.32 Å². The number of carbonyl (C=O) groups is 1. The fourth-order valence-corrected chi connectivity index (χ4v) is 1.90. The number of halogens is 3. The van der Waals surface area contributed by atoms with Gasteiger partial charge in [-0.05, 0) is 62.4 Å². The summed E-state index contributed by atoms with van der Waals surface area (Å²) in [6, 6.07) is 10.8. The normalized spacial score (nSPS) is 11.4. The van der Waals surface area contributed by atoms with E-state index in [9.17, 15) is 18.0 Å². The lowest BCUT2D eigenvalue weighted by atomic mass is 10.1. The van der Waals surface area contributed by atoms with Crippen molar-refractivity contribution in [2.75, 3.05) is 5.32 Å². The zero-order chi connectivity index (χ0) is 17.0. The maximum Gasteiger partial charge on any atom is 0.416 e. The molecule has 6 heteroatoms. The molecular weight excluding hydrogens is 307 g/mol. The van der Waals surface area contributed by atoms with Crippen molar-refractivity contribution in [2.45, 2.75) is 26.1 Å². The van der Waals surface area contributed by atoms with E-state index in [1.807, 2.05) is 13.8 Å². The first-order chi connectivity index (χ1) is 10.8. The van der Waals surface area contributed by atoms with Crippen molar-refractivity contribution in [3.8, 4) is 5.75 Å². The van der Waals surface area contributed by atoms with Crippen LogP contribution in [-0.4, -0.2) is 12.0 Å². The molecule has 1 amide bonds. The van der Waals surface area contributed by atoms with Gasteiger partial charge in [-0.15, -0.1) is 0 Å². The summed E-state index contributed by atoms with van der Waals surface area (Å²) in [6.45, 7) is 3.79. The first-order valence-electron chi connectivity index (χ1n) is 7.01. The van der Waals surface area contributed by atoms with E-state index in [-0.39, 0.29) is 6.10 Å². The Bertz CT molecular complexity index is 662. The van der Waals surface area contributed by atoms with Gasteiger partial charge in [-0.1, -0.05) is 0 Å². The molecule has 0 unspecified atom stereocenters. The first kappa shape index (κ1) is 16.9. The molecule has 122 valence electrons. The minimum absolute atomic E-state index is 0.0295. The Morgan fingerprint density at radius 1 is 1.00 bits per heavy atom. The fourth-order valence-electron chi connectivity index (χ4n) is 1.90. The monoisotopic (exact) mass is 323 g/mol. The number of hydrogen-bond donors (Lipinski definition) is 1. The third-order valence-corrected chi connectivity index (χ3v) is 2.96. The van der Waals surface area contributed by atoms with Gasteiger partial charge >= 0.3 is 6.18 Å². The Hall–Kier alpha value is -2.50. The van der Waals surface area contributed by atoms with E-state index >= 15 is 0 Å². The van der Waals surface area contributed by atoms with Crippen LogP contribution in [0.5, 0.6) is 5.75 Å². The number of hydrogen-bond acceptors (Lipinski definition) is 2. The Morgan fingerprint density at radius 3 is 2.04 bits per heavy atom. The number of carbonyl (C=O) groups excluding carboxylic acids is 1. The summed E-state index contributed by atoms with van der Waals surface area (Å²) in [4.78, 5) is 12.1. The van der Waals surface area contributed by atoms with Crippen LogP contribution in [0.25, 0.3) is 0 Å². The number of anilines is 1. The average molecular weight is 323 g/mol. The molecule has 2 aromatic carbocycles. The number of benzene rings is 2. The highest BCUT2D eigenvalue weighted by Gasteiger charge is 2.29. The summed E-state index contributed by atoms with van der Waals surface area (Å²) in [6.07, 6.45) is -4.36. The summed E-state index contributed by atoms with van der Waals surface area (Å²) in [5.41, 5.74) is -0.0720. The highest BCUT2D eigenvalue weighted by molar-refractivity contribution is 6.04. The molecule has 0 bridgehead atoms. The molecular formula is C17H16F3NO2. The standard InChI is InChI=1S/C17H16F3NO2/c1-11(2)23-15-9-3-12(4-10-15)16(22)21-14-7-5-13(6-8-14)17(18,19)20/h3-11H,1-2H3,(H,21,22). The van der Waals surface area contributed by atoms with Crippen LogP contribution in [0.3, 0.4) is 0 Å². The summed E-state index contributed by atoms with van der Waals surface area (Å²) < 4.78 is 42.9. The molecule has 0 radical (unpaired) electrons. The maximum atomic E-state index is 12.5. The van der Waals surface area contributed by atoms with Gasteiger partial charge in [-0.3, -0.25) is 4.79 Å². The molecule has 0 atom stereocenters. The molecule has 2 rings (SSSR count). The fraction of sp³-hybridized carbons (Fsp3) is 0.235. The lowest BCUT2D eigenvalue weighted by Gasteiger charge is -2.11. The van der Waals surface area contributed by atoms with Gasteiger partial charge in [-0.25, -0.2) is 0 Å². The van der Waals surface area contributed by atoms with Crippen molar-refractivity contribution < 1.29 is 22.7 Å². The molecule has 0 aliphatic carbocycles. The number of rotatable bonds is 4. The quantitative estimate of drug-likeness (QED) is 0.882. The third kappa shape index (κ3) is 4.74. The van der Waals surface area contributed by atoms with E-state index in [1.165, 1.54) is 12.1 Å². The number of nitrogens with one attached hydrogen (secondary N) is 1. The van der Waals surface area contributed by atoms with Gasteiger partial charge in [0, 0.05) is 11.3 Å². The summed E-state index contributed by atoms with van der Waals surface area (Å²) in [7, 11) is 0. The molecule has 3 nitrogen and oxygen atoms in total. The van der Waals surface area contributed by atoms with E-state index in [1.54, 1.807) is 24.3 Å². The van der Waals surface area contributed by atoms with Crippen LogP contribution < -0.4 is 10.1 Å². The van der Waals surface area contributed by atoms with Gasteiger partial charge in [0.15, 0.2) is 0 Å². The van der Waals surface area contributed by atoms with E-state index in [0.29, 0.717) is 17.0 Å². The molecule has 0 aromatic heterocycles. The predicted octanol–water partition coefficient (Wildman–Crippen LogP) is 4.74. The van der Waals surface area contributed by atoms with Crippen molar-refractivity contribution in [2.24, 2.45) is 0 Å². The highest BCUT2D eigenvalue weighted by Crippen LogP contribution is 2.29. The number of ether oxygens (including phenoxy) is 1. The second kappa shape index (κ2) is 6.73. The largest absolute Gasteiger partial charge is 0.491 e. The second-order valence-electron chi connectivity index (χ2n) is 5.22. The second-order valence-corrected chi connectivity index (χ2v) is 5.22. The van der Waals surface area contributed by atoms with Crippen molar-refractivity contribution in [3.05, 3.63) is 59.7 Å². The summed E-state index contributed by atoms with van der Waals surface area (Å²) in [5, 5.41) is 2.55. The molecule has 0 saturated heterocycles. The Morgan fingerprint density at radius 2 is 1.57 bits per heavy atom. The van der Waals surface area contributed by atoms with Gasteiger partial charge in [0.2, 0.25) is 0 Å². The Kier molecular flexibility index (Phi) is 4.93. The molecule has 0 aliphatic heterocycles. The minimum Gasteiger partial charge on any atom is -0.491 e. The molecule has 1 N–H and O–H groups in total. The van der Waals surface area contributed by atoms with Crippen LogP contribution in [-0.2, 0) is 6.18 Å². The van der Waals surface area contributed by atoms with E-state index in [0.717, 1.165) is 12.1 Å². The van der Waals surface area contributed by atoms with Gasteiger partial charge < -0.3 is 10.1 Å². The van der Waals surface area contributed by atoms with Crippen LogP contribution in [0, 0.1) is 0 Å². The topological polar surface area (TPSA) is 38.3 Å². The van der Waals surface area contributed by atoms with Gasteiger partial charge in [-0.2, -0.15) is 13.2 Å². The average Bonchev–Trinajstić information content (AvgIpc) is 2.47. The molecule has 0 fully saturated rings.